The van der Waals surface area contributed by atoms with E-state index in [-0.39, 0.29) is 11.7 Å². The Hall–Kier alpha value is -2.38. The molecule has 130 valence electrons. The van der Waals surface area contributed by atoms with Crippen molar-refractivity contribution in [2.45, 2.75) is 5.16 Å². The molecule has 3 aromatic rings. The minimum absolute atomic E-state index is 0.171. The highest BCUT2D eigenvalue weighted by atomic mass is 35.5. The van der Waals surface area contributed by atoms with Crippen molar-refractivity contribution in [1.29, 1.82) is 0 Å². The monoisotopic (exact) mass is 377 g/mol. The number of fused-ring (bicyclic) bond motifs is 1. The zero-order valence-electron chi connectivity index (χ0n) is 13.6. The van der Waals surface area contributed by atoms with E-state index in [0.29, 0.717) is 27.4 Å². The first-order valence-corrected chi connectivity index (χ1v) is 8.75. The predicted molar refractivity (Wildman–Crippen MR) is 100 cm³/mol. The number of halogens is 1. The van der Waals surface area contributed by atoms with Crippen molar-refractivity contribution in [3.63, 3.8) is 0 Å². The molecule has 8 heteroatoms. The van der Waals surface area contributed by atoms with Crippen molar-refractivity contribution < 1.29 is 14.3 Å². The summed E-state index contributed by atoms with van der Waals surface area (Å²) in [4.78, 5) is 19.8. The highest BCUT2D eigenvalue weighted by molar-refractivity contribution is 7.99. The van der Waals surface area contributed by atoms with Crippen molar-refractivity contribution in [2.24, 2.45) is 0 Å². The number of aromatic amines is 1. The number of aromatic nitrogens is 2. The van der Waals surface area contributed by atoms with Gasteiger partial charge < -0.3 is 19.8 Å². The van der Waals surface area contributed by atoms with Gasteiger partial charge in [0.15, 0.2) is 5.16 Å². The topological polar surface area (TPSA) is 76.2 Å². The standard InChI is InChI=1S/C17H16ClN3O3S/c1-23-11-4-6-15(24-2)14(8-11)19-16(22)9-25-17-20-12-5-3-10(18)7-13(12)21-17/h3-8H,9H2,1-2H3,(H,19,22)(H,20,21). The van der Waals surface area contributed by atoms with Crippen LogP contribution in [0.1, 0.15) is 0 Å². The molecule has 0 aliphatic heterocycles. The van der Waals surface area contributed by atoms with Gasteiger partial charge in [0.05, 0.1) is 36.7 Å². The highest BCUT2D eigenvalue weighted by Crippen LogP contribution is 2.29. The van der Waals surface area contributed by atoms with Gasteiger partial charge in [-0.25, -0.2) is 4.98 Å². The number of amides is 1. The molecule has 0 aliphatic rings. The lowest BCUT2D eigenvalue weighted by molar-refractivity contribution is -0.113. The second-order valence-corrected chi connectivity index (χ2v) is 6.51. The molecule has 0 bridgehead atoms. The fourth-order valence-electron chi connectivity index (χ4n) is 2.26. The number of H-pyrrole nitrogens is 1. The third kappa shape index (κ3) is 4.18. The molecule has 1 amide bonds. The Balaban J connectivity index is 1.66. The summed E-state index contributed by atoms with van der Waals surface area (Å²) in [6.07, 6.45) is 0. The Labute approximate surface area is 153 Å². The first-order chi connectivity index (χ1) is 12.1. The van der Waals surface area contributed by atoms with Crippen LogP contribution >= 0.6 is 23.4 Å². The fraction of sp³-hybridized carbons (Fsp3) is 0.176. The van der Waals surface area contributed by atoms with E-state index in [2.05, 4.69) is 15.3 Å². The average Bonchev–Trinajstić information content (AvgIpc) is 3.02. The number of imidazole rings is 1. The van der Waals surface area contributed by atoms with Crippen molar-refractivity contribution in [3.05, 3.63) is 41.4 Å². The van der Waals surface area contributed by atoms with E-state index in [1.54, 1.807) is 44.6 Å². The molecule has 1 aromatic heterocycles. The number of rotatable bonds is 6. The molecule has 1 heterocycles. The summed E-state index contributed by atoms with van der Waals surface area (Å²) in [5.74, 6) is 1.24. The number of anilines is 1. The summed E-state index contributed by atoms with van der Waals surface area (Å²) in [7, 11) is 3.11. The number of hydrogen-bond acceptors (Lipinski definition) is 5. The lowest BCUT2D eigenvalue weighted by atomic mass is 10.2. The number of thioether (sulfide) groups is 1. The smallest absolute Gasteiger partial charge is 0.234 e. The Kier molecular flexibility index (Phi) is 5.35. The van der Waals surface area contributed by atoms with Crippen LogP contribution < -0.4 is 14.8 Å². The summed E-state index contributed by atoms with van der Waals surface area (Å²) in [6, 6.07) is 10.6. The maximum atomic E-state index is 12.2. The molecule has 25 heavy (non-hydrogen) atoms. The van der Waals surface area contributed by atoms with E-state index in [1.165, 1.54) is 11.8 Å². The number of methoxy groups -OCH3 is 2. The van der Waals surface area contributed by atoms with Gasteiger partial charge in [0.2, 0.25) is 5.91 Å². The van der Waals surface area contributed by atoms with Crippen LogP contribution in [0.2, 0.25) is 5.02 Å². The molecule has 3 rings (SSSR count). The maximum Gasteiger partial charge on any atom is 0.234 e. The van der Waals surface area contributed by atoms with E-state index >= 15 is 0 Å². The molecule has 0 saturated heterocycles. The van der Waals surface area contributed by atoms with Crippen LogP contribution in [0.25, 0.3) is 11.0 Å². The summed E-state index contributed by atoms with van der Waals surface area (Å²) in [6.45, 7) is 0. The summed E-state index contributed by atoms with van der Waals surface area (Å²) >= 11 is 7.27. The molecule has 0 atom stereocenters. The summed E-state index contributed by atoms with van der Waals surface area (Å²) in [5.41, 5.74) is 2.20. The number of carbonyl (C=O) groups is 1. The Morgan fingerprint density at radius 2 is 2.08 bits per heavy atom. The zero-order chi connectivity index (χ0) is 17.8. The minimum Gasteiger partial charge on any atom is -0.497 e. The van der Waals surface area contributed by atoms with Gasteiger partial charge in [-0.3, -0.25) is 4.79 Å². The number of benzene rings is 2. The van der Waals surface area contributed by atoms with Crippen LogP contribution in [0.5, 0.6) is 11.5 Å². The second kappa shape index (κ2) is 7.67. The SMILES string of the molecule is COc1ccc(OC)c(NC(=O)CSc2nc3ccc(Cl)cc3[nH]2)c1. The molecule has 6 nitrogen and oxygen atoms in total. The third-order valence-electron chi connectivity index (χ3n) is 3.44. The molecule has 0 unspecified atom stereocenters. The Morgan fingerprint density at radius 3 is 2.84 bits per heavy atom. The number of nitrogens with zero attached hydrogens (tertiary/aromatic N) is 1. The number of ether oxygens (including phenoxy) is 2. The number of carbonyl (C=O) groups excluding carboxylic acids is 1. The first-order valence-electron chi connectivity index (χ1n) is 7.39. The van der Waals surface area contributed by atoms with E-state index < -0.39 is 0 Å². The summed E-state index contributed by atoms with van der Waals surface area (Å²) < 4.78 is 10.4. The zero-order valence-corrected chi connectivity index (χ0v) is 15.2. The quantitative estimate of drug-likeness (QED) is 0.636. The second-order valence-electron chi connectivity index (χ2n) is 5.11. The molecular formula is C17H16ClN3O3S. The molecule has 0 saturated carbocycles. The maximum absolute atomic E-state index is 12.2. The number of nitrogens with one attached hydrogen (secondary N) is 2. The molecule has 0 fully saturated rings. The molecule has 0 radical (unpaired) electrons. The van der Waals surface area contributed by atoms with Crippen LogP contribution in [-0.4, -0.2) is 35.8 Å². The Bertz CT molecular complexity index is 913. The van der Waals surface area contributed by atoms with Gasteiger partial charge in [0.1, 0.15) is 11.5 Å². The van der Waals surface area contributed by atoms with E-state index in [4.69, 9.17) is 21.1 Å². The van der Waals surface area contributed by atoms with Gasteiger partial charge in [-0.15, -0.1) is 0 Å². The van der Waals surface area contributed by atoms with Crippen LogP contribution in [0, 0.1) is 0 Å². The van der Waals surface area contributed by atoms with Crippen LogP contribution in [0.3, 0.4) is 0 Å². The summed E-state index contributed by atoms with van der Waals surface area (Å²) in [5, 5.41) is 4.11. The van der Waals surface area contributed by atoms with Gasteiger partial charge in [-0.05, 0) is 30.3 Å². The molecule has 0 aliphatic carbocycles. The van der Waals surface area contributed by atoms with Crippen molar-refractivity contribution >= 4 is 46.0 Å². The molecule has 2 aromatic carbocycles. The molecule has 0 spiro atoms. The Morgan fingerprint density at radius 1 is 1.24 bits per heavy atom. The minimum atomic E-state index is -0.171. The normalized spacial score (nSPS) is 10.7. The van der Waals surface area contributed by atoms with Crippen LogP contribution in [0.15, 0.2) is 41.6 Å². The van der Waals surface area contributed by atoms with E-state index in [1.807, 2.05) is 6.07 Å². The molecular weight excluding hydrogens is 362 g/mol. The van der Waals surface area contributed by atoms with Crippen molar-refractivity contribution in [1.82, 2.24) is 9.97 Å². The molecule has 2 N–H and O–H groups in total. The van der Waals surface area contributed by atoms with Gasteiger partial charge in [0.25, 0.3) is 0 Å². The highest BCUT2D eigenvalue weighted by Gasteiger charge is 2.11. The van der Waals surface area contributed by atoms with Gasteiger partial charge in [-0.1, -0.05) is 23.4 Å². The van der Waals surface area contributed by atoms with Crippen LogP contribution in [-0.2, 0) is 4.79 Å². The van der Waals surface area contributed by atoms with E-state index in [9.17, 15) is 4.79 Å². The lowest BCUT2D eigenvalue weighted by Crippen LogP contribution is -2.14. The predicted octanol–water partition coefficient (Wildman–Crippen LogP) is 3.96. The van der Waals surface area contributed by atoms with Crippen LogP contribution in [0.4, 0.5) is 5.69 Å². The number of hydrogen-bond donors (Lipinski definition) is 2. The lowest BCUT2D eigenvalue weighted by Gasteiger charge is -2.11. The fourth-order valence-corrected chi connectivity index (χ4v) is 3.12. The van der Waals surface area contributed by atoms with E-state index in [0.717, 1.165) is 11.0 Å². The third-order valence-corrected chi connectivity index (χ3v) is 4.55. The average molecular weight is 378 g/mol. The first kappa shape index (κ1) is 17.4. The van der Waals surface area contributed by atoms with Crippen molar-refractivity contribution in [3.8, 4) is 11.5 Å². The van der Waals surface area contributed by atoms with Gasteiger partial charge in [-0.2, -0.15) is 0 Å². The largest absolute Gasteiger partial charge is 0.497 e. The van der Waals surface area contributed by atoms with Gasteiger partial charge in [0, 0.05) is 11.1 Å². The van der Waals surface area contributed by atoms with Gasteiger partial charge >= 0.3 is 0 Å². The van der Waals surface area contributed by atoms with Crippen molar-refractivity contribution in [2.75, 3.05) is 25.3 Å².